The standard InChI is InChI=1S/C11H18N2S.C2H4/c1-12-6-8-13(9-7-12)5-4-11-3-2-10-14-11;1-2/h2-3,10H,4-9H2,1H3;1-2H2. The van der Waals surface area contributed by atoms with Gasteiger partial charge in [0.05, 0.1) is 0 Å². The first-order chi connectivity index (χ1) is 7.84. The van der Waals surface area contributed by atoms with Gasteiger partial charge in [0.2, 0.25) is 0 Å². The van der Waals surface area contributed by atoms with E-state index in [1.165, 1.54) is 44.0 Å². The highest BCUT2D eigenvalue weighted by Crippen LogP contribution is 2.10. The third kappa shape index (κ3) is 4.47. The maximum atomic E-state index is 3.00. The van der Waals surface area contributed by atoms with Crippen LogP contribution in [-0.2, 0) is 6.42 Å². The van der Waals surface area contributed by atoms with Crippen molar-refractivity contribution in [2.45, 2.75) is 6.42 Å². The van der Waals surface area contributed by atoms with Gasteiger partial charge in [0.1, 0.15) is 0 Å². The Kier molecular flexibility index (Phi) is 6.38. The maximum Gasteiger partial charge on any atom is 0.0110 e. The monoisotopic (exact) mass is 238 g/mol. The summed E-state index contributed by atoms with van der Waals surface area (Å²) in [6.45, 7) is 12.2. The van der Waals surface area contributed by atoms with Crippen LogP contribution in [0.5, 0.6) is 0 Å². The van der Waals surface area contributed by atoms with Crippen LogP contribution in [0.25, 0.3) is 0 Å². The molecule has 0 bridgehead atoms. The van der Waals surface area contributed by atoms with Gasteiger partial charge in [-0.2, -0.15) is 0 Å². The highest BCUT2D eigenvalue weighted by Gasteiger charge is 2.12. The third-order valence-corrected chi connectivity index (χ3v) is 3.79. The summed E-state index contributed by atoms with van der Waals surface area (Å²) < 4.78 is 0. The normalized spacial score (nSPS) is 17.8. The molecule has 16 heavy (non-hydrogen) atoms. The number of piperazine rings is 1. The summed E-state index contributed by atoms with van der Waals surface area (Å²) in [5, 5.41) is 2.17. The number of nitrogens with zero attached hydrogens (tertiary/aromatic N) is 2. The van der Waals surface area contributed by atoms with E-state index < -0.39 is 0 Å². The molecule has 2 rings (SSSR count). The molecule has 1 aliphatic heterocycles. The highest BCUT2D eigenvalue weighted by molar-refractivity contribution is 7.09. The summed E-state index contributed by atoms with van der Waals surface area (Å²) in [7, 11) is 2.20. The molecule has 2 nitrogen and oxygen atoms in total. The van der Waals surface area contributed by atoms with Crippen LogP contribution >= 0.6 is 11.3 Å². The molecule has 1 aliphatic rings. The molecule has 2 heterocycles. The Morgan fingerprint density at radius 2 is 1.94 bits per heavy atom. The third-order valence-electron chi connectivity index (χ3n) is 2.85. The van der Waals surface area contributed by atoms with Gasteiger partial charge < -0.3 is 9.80 Å². The van der Waals surface area contributed by atoms with Crippen molar-refractivity contribution in [3.63, 3.8) is 0 Å². The quantitative estimate of drug-likeness (QED) is 0.746. The van der Waals surface area contributed by atoms with Crippen LogP contribution in [0.15, 0.2) is 30.7 Å². The summed E-state index contributed by atoms with van der Waals surface area (Å²) in [6, 6.07) is 4.38. The van der Waals surface area contributed by atoms with E-state index in [1.807, 2.05) is 11.3 Å². The molecule has 0 unspecified atom stereocenters. The molecule has 1 aromatic heterocycles. The summed E-state index contributed by atoms with van der Waals surface area (Å²) in [6.07, 6.45) is 1.22. The van der Waals surface area contributed by atoms with Crippen molar-refractivity contribution in [2.24, 2.45) is 0 Å². The zero-order valence-corrected chi connectivity index (χ0v) is 11.0. The number of hydrogen-bond acceptors (Lipinski definition) is 3. The Balaban J connectivity index is 0.000000606. The first-order valence-electron chi connectivity index (χ1n) is 5.78. The lowest BCUT2D eigenvalue weighted by atomic mass is 10.3. The molecule has 0 radical (unpaired) electrons. The van der Waals surface area contributed by atoms with E-state index in [0.29, 0.717) is 0 Å². The van der Waals surface area contributed by atoms with E-state index in [2.05, 4.69) is 47.5 Å². The van der Waals surface area contributed by atoms with Crippen molar-refractivity contribution in [3.8, 4) is 0 Å². The van der Waals surface area contributed by atoms with Gasteiger partial charge in [-0.1, -0.05) is 6.07 Å². The van der Waals surface area contributed by atoms with E-state index in [4.69, 9.17) is 0 Å². The molecule has 0 saturated carbocycles. The van der Waals surface area contributed by atoms with Crippen molar-refractivity contribution in [2.75, 3.05) is 39.8 Å². The fraction of sp³-hybridized carbons (Fsp3) is 0.538. The lowest BCUT2D eigenvalue weighted by Gasteiger charge is -2.32. The van der Waals surface area contributed by atoms with Gasteiger partial charge in [0.15, 0.2) is 0 Å². The summed E-state index contributed by atoms with van der Waals surface area (Å²) >= 11 is 1.87. The predicted octanol–water partition coefficient (Wildman–Crippen LogP) is 2.34. The van der Waals surface area contributed by atoms with E-state index in [-0.39, 0.29) is 0 Å². The van der Waals surface area contributed by atoms with E-state index in [9.17, 15) is 0 Å². The Bertz CT molecular complexity index is 263. The second-order valence-electron chi connectivity index (χ2n) is 3.97. The molecule has 0 atom stereocenters. The highest BCUT2D eigenvalue weighted by atomic mass is 32.1. The second-order valence-corrected chi connectivity index (χ2v) is 5.01. The van der Waals surface area contributed by atoms with E-state index >= 15 is 0 Å². The fourth-order valence-corrected chi connectivity index (χ4v) is 2.49. The molecule has 0 amide bonds. The first-order valence-corrected chi connectivity index (χ1v) is 6.66. The molecule has 3 heteroatoms. The summed E-state index contributed by atoms with van der Waals surface area (Å²) in [5.74, 6) is 0. The topological polar surface area (TPSA) is 6.48 Å². The molecule has 0 aromatic carbocycles. The summed E-state index contributed by atoms with van der Waals surface area (Å²) in [5.41, 5.74) is 0. The minimum atomic E-state index is 1.22. The number of likely N-dealkylation sites (N-methyl/N-ethyl adjacent to an activating group) is 1. The molecule has 0 aliphatic carbocycles. The molecule has 90 valence electrons. The molecule has 1 saturated heterocycles. The van der Waals surface area contributed by atoms with Crippen molar-refractivity contribution < 1.29 is 0 Å². The SMILES string of the molecule is C=C.CN1CCN(CCc2cccs2)CC1. The van der Waals surface area contributed by atoms with Gasteiger partial charge in [-0.05, 0) is 24.9 Å². The van der Waals surface area contributed by atoms with Crippen LogP contribution in [0.2, 0.25) is 0 Å². The van der Waals surface area contributed by atoms with Crippen LogP contribution < -0.4 is 0 Å². The minimum Gasteiger partial charge on any atom is -0.304 e. The van der Waals surface area contributed by atoms with Gasteiger partial charge in [0, 0.05) is 37.6 Å². The molecular weight excluding hydrogens is 216 g/mol. The van der Waals surface area contributed by atoms with Crippen LogP contribution in [0.1, 0.15) is 4.88 Å². The van der Waals surface area contributed by atoms with Crippen molar-refractivity contribution >= 4 is 11.3 Å². The first kappa shape index (κ1) is 13.4. The largest absolute Gasteiger partial charge is 0.304 e. The zero-order chi connectivity index (χ0) is 11.8. The van der Waals surface area contributed by atoms with Crippen LogP contribution in [-0.4, -0.2) is 49.6 Å². The second kappa shape index (κ2) is 7.60. The molecule has 1 aromatic rings. The Labute approximate surface area is 103 Å². The van der Waals surface area contributed by atoms with Gasteiger partial charge in [-0.25, -0.2) is 0 Å². The number of rotatable bonds is 3. The van der Waals surface area contributed by atoms with E-state index in [1.54, 1.807) is 0 Å². The van der Waals surface area contributed by atoms with Gasteiger partial charge >= 0.3 is 0 Å². The minimum absolute atomic E-state index is 1.22. The molecular formula is C13H22N2S. The van der Waals surface area contributed by atoms with Crippen molar-refractivity contribution in [3.05, 3.63) is 35.5 Å². The number of thiophene rings is 1. The molecule has 0 N–H and O–H groups in total. The predicted molar refractivity (Wildman–Crippen MR) is 73.2 cm³/mol. The molecule has 0 spiro atoms. The maximum absolute atomic E-state index is 3.00. The molecule has 1 fully saturated rings. The Hall–Kier alpha value is -0.640. The zero-order valence-electron chi connectivity index (χ0n) is 10.2. The van der Waals surface area contributed by atoms with Gasteiger partial charge in [-0.3, -0.25) is 0 Å². The Morgan fingerprint density at radius 3 is 2.50 bits per heavy atom. The van der Waals surface area contributed by atoms with Crippen molar-refractivity contribution in [1.82, 2.24) is 9.80 Å². The smallest absolute Gasteiger partial charge is 0.0110 e. The lowest BCUT2D eigenvalue weighted by Crippen LogP contribution is -2.45. The lowest BCUT2D eigenvalue weighted by molar-refractivity contribution is 0.156. The van der Waals surface area contributed by atoms with Gasteiger partial charge in [-0.15, -0.1) is 24.5 Å². The summed E-state index contributed by atoms with van der Waals surface area (Å²) in [4.78, 5) is 6.49. The number of hydrogen-bond donors (Lipinski definition) is 0. The van der Waals surface area contributed by atoms with Crippen LogP contribution in [0, 0.1) is 0 Å². The van der Waals surface area contributed by atoms with Gasteiger partial charge in [0.25, 0.3) is 0 Å². The van der Waals surface area contributed by atoms with Crippen LogP contribution in [0.3, 0.4) is 0 Å². The average molecular weight is 238 g/mol. The Morgan fingerprint density at radius 1 is 1.25 bits per heavy atom. The van der Waals surface area contributed by atoms with Crippen LogP contribution in [0.4, 0.5) is 0 Å². The van der Waals surface area contributed by atoms with E-state index in [0.717, 1.165) is 0 Å². The van der Waals surface area contributed by atoms with Crippen molar-refractivity contribution in [1.29, 1.82) is 0 Å². The fourth-order valence-electron chi connectivity index (χ4n) is 1.79. The average Bonchev–Trinajstić information content (AvgIpc) is 2.84.